The summed E-state index contributed by atoms with van der Waals surface area (Å²) in [5.74, 6) is 0. The summed E-state index contributed by atoms with van der Waals surface area (Å²) >= 11 is 3.76. The van der Waals surface area contributed by atoms with Gasteiger partial charge in [-0.2, -0.15) is 0 Å². The van der Waals surface area contributed by atoms with Crippen LogP contribution in [0.4, 0.5) is 0 Å². The quantitative estimate of drug-likeness (QED) is 0.161. The third-order valence-corrected chi connectivity index (χ3v) is 15.7. The second-order valence-electron chi connectivity index (χ2n) is 16.9. The molecule has 0 fully saturated rings. The predicted octanol–water partition coefficient (Wildman–Crippen LogP) is 18.4. The molecular formula is C61H35NOS2. The maximum Gasteiger partial charge on any atom is 0.136 e. The molecule has 0 radical (unpaired) electrons. The summed E-state index contributed by atoms with van der Waals surface area (Å²) in [4.78, 5) is 5.51. The van der Waals surface area contributed by atoms with Crippen molar-refractivity contribution in [1.29, 1.82) is 0 Å². The lowest BCUT2D eigenvalue weighted by atomic mass is 9.88. The Bertz CT molecular complexity index is 4120. The third kappa shape index (κ3) is 5.68. The standard InChI is InChI=1S/C61H35NOS2/c1-2-15-36(16-3-1)56-57-48-21-4-8-27-51(48)62-59(50(57)35-53-58(56)49-22-5-9-28-52(49)63-53)38-18-12-17-37(31-38)39-32-40(42-23-13-25-46-44-19-6-10-29-54(44)64-60(42)46)34-41(33-39)43-24-14-26-47-45-20-7-11-30-55(45)65-61(43)47/h1-35H. The Hall–Kier alpha value is -7.89. The van der Waals surface area contributed by atoms with E-state index >= 15 is 0 Å². The molecule has 0 aliphatic rings. The van der Waals surface area contributed by atoms with Crippen LogP contribution in [-0.4, -0.2) is 4.98 Å². The lowest BCUT2D eigenvalue weighted by molar-refractivity contribution is 0.669. The van der Waals surface area contributed by atoms with Crippen LogP contribution < -0.4 is 0 Å². The highest BCUT2D eigenvalue weighted by Crippen LogP contribution is 2.48. The van der Waals surface area contributed by atoms with Crippen molar-refractivity contribution in [3.05, 3.63) is 212 Å². The Morgan fingerprint density at radius 3 is 1.55 bits per heavy atom. The smallest absolute Gasteiger partial charge is 0.136 e. The predicted molar refractivity (Wildman–Crippen MR) is 279 cm³/mol. The average molecular weight is 862 g/mol. The first-order valence-electron chi connectivity index (χ1n) is 22.0. The van der Waals surface area contributed by atoms with Gasteiger partial charge in [0.25, 0.3) is 0 Å². The normalized spacial score (nSPS) is 12.0. The van der Waals surface area contributed by atoms with Gasteiger partial charge in [0.15, 0.2) is 0 Å². The van der Waals surface area contributed by atoms with E-state index in [1.54, 1.807) is 0 Å². The fourth-order valence-corrected chi connectivity index (χ4v) is 12.8. The van der Waals surface area contributed by atoms with E-state index in [-0.39, 0.29) is 0 Å². The average Bonchev–Trinajstić information content (AvgIpc) is 4.07. The van der Waals surface area contributed by atoms with Crippen molar-refractivity contribution in [2.75, 3.05) is 0 Å². The van der Waals surface area contributed by atoms with E-state index in [9.17, 15) is 0 Å². The summed E-state index contributed by atoms with van der Waals surface area (Å²) in [6, 6.07) is 77.3. The number of thiophene rings is 2. The number of rotatable bonds is 5. The molecule has 0 aliphatic heterocycles. The zero-order chi connectivity index (χ0) is 42.6. The number of nitrogens with zero attached hydrogens (tertiary/aromatic N) is 1. The van der Waals surface area contributed by atoms with Gasteiger partial charge in [0.2, 0.25) is 0 Å². The first-order valence-corrected chi connectivity index (χ1v) is 23.6. The molecule has 0 aliphatic carbocycles. The van der Waals surface area contributed by atoms with E-state index in [2.05, 4.69) is 206 Å². The highest BCUT2D eigenvalue weighted by atomic mass is 32.1. The fraction of sp³-hybridized carbons (Fsp3) is 0. The van der Waals surface area contributed by atoms with E-state index in [1.165, 1.54) is 73.5 Å². The first kappa shape index (κ1) is 36.6. The zero-order valence-corrected chi connectivity index (χ0v) is 36.5. The molecule has 0 bridgehead atoms. The summed E-state index contributed by atoms with van der Waals surface area (Å²) in [6.07, 6.45) is 0. The summed E-state index contributed by atoms with van der Waals surface area (Å²) in [7, 11) is 0. The van der Waals surface area contributed by atoms with Gasteiger partial charge in [-0.15, -0.1) is 22.7 Å². The Kier molecular flexibility index (Phi) is 8.06. The molecule has 4 aromatic heterocycles. The third-order valence-electron chi connectivity index (χ3n) is 13.2. The Morgan fingerprint density at radius 1 is 0.323 bits per heavy atom. The molecule has 0 spiro atoms. The fourth-order valence-electron chi connectivity index (χ4n) is 10.3. The molecule has 2 nitrogen and oxygen atoms in total. The highest BCUT2D eigenvalue weighted by molar-refractivity contribution is 7.26. The Morgan fingerprint density at radius 2 is 0.846 bits per heavy atom. The van der Waals surface area contributed by atoms with Gasteiger partial charge in [-0.3, -0.25) is 0 Å². The summed E-state index contributed by atoms with van der Waals surface area (Å²) in [6.45, 7) is 0. The summed E-state index contributed by atoms with van der Waals surface area (Å²) in [5.41, 5.74) is 14.2. The maximum atomic E-state index is 6.70. The SMILES string of the molecule is c1ccc(-c2c3c(cc4c(-c5cccc(-c6cc(-c7cccc8c7sc7ccccc78)cc(-c7cccc8c7sc7ccccc78)c6)c5)nc5ccccc5c24)oc2ccccc23)cc1. The van der Waals surface area contributed by atoms with Crippen molar-refractivity contribution >= 4 is 107 Å². The van der Waals surface area contributed by atoms with Gasteiger partial charge in [0.1, 0.15) is 11.2 Å². The molecule has 0 saturated heterocycles. The number of aromatic nitrogens is 1. The second-order valence-corrected chi connectivity index (χ2v) is 19.0. The van der Waals surface area contributed by atoms with Crippen LogP contribution in [0.1, 0.15) is 0 Å². The summed E-state index contributed by atoms with van der Waals surface area (Å²) < 4.78 is 11.9. The van der Waals surface area contributed by atoms with Crippen molar-refractivity contribution in [2.45, 2.75) is 0 Å². The highest BCUT2D eigenvalue weighted by Gasteiger charge is 2.22. The largest absolute Gasteiger partial charge is 0.456 e. The number of furan rings is 1. The molecule has 0 unspecified atom stereocenters. The lowest BCUT2D eigenvalue weighted by Crippen LogP contribution is -1.93. The first-order chi connectivity index (χ1) is 32.2. The van der Waals surface area contributed by atoms with Crippen LogP contribution >= 0.6 is 22.7 Å². The van der Waals surface area contributed by atoms with Crippen molar-refractivity contribution < 1.29 is 4.42 Å². The van der Waals surface area contributed by atoms with E-state index in [0.717, 1.165) is 66.2 Å². The van der Waals surface area contributed by atoms with Gasteiger partial charge in [-0.05, 0) is 93.5 Å². The van der Waals surface area contributed by atoms with Crippen LogP contribution in [0, 0.1) is 0 Å². The van der Waals surface area contributed by atoms with E-state index in [0.29, 0.717) is 0 Å². The topological polar surface area (TPSA) is 26.0 Å². The van der Waals surface area contributed by atoms with E-state index < -0.39 is 0 Å². The molecule has 4 heterocycles. The van der Waals surface area contributed by atoms with Crippen LogP contribution in [0.3, 0.4) is 0 Å². The molecule has 14 aromatic rings. The monoisotopic (exact) mass is 861 g/mol. The van der Waals surface area contributed by atoms with E-state index in [1.807, 2.05) is 28.7 Å². The molecule has 302 valence electrons. The molecule has 65 heavy (non-hydrogen) atoms. The van der Waals surface area contributed by atoms with Gasteiger partial charge in [0, 0.05) is 78.4 Å². The molecule has 10 aromatic carbocycles. The number of hydrogen-bond acceptors (Lipinski definition) is 4. The number of pyridine rings is 1. The van der Waals surface area contributed by atoms with Crippen molar-refractivity contribution in [2.24, 2.45) is 0 Å². The molecule has 0 amide bonds. The lowest BCUT2D eigenvalue weighted by Gasteiger charge is -2.16. The Labute approximate surface area is 381 Å². The van der Waals surface area contributed by atoms with Gasteiger partial charge in [-0.1, -0.05) is 158 Å². The molecular weight excluding hydrogens is 827 g/mol. The van der Waals surface area contributed by atoms with Gasteiger partial charge < -0.3 is 4.42 Å². The van der Waals surface area contributed by atoms with Crippen LogP contribution in [0.15, 0.2) is 217 Å². The van der Waals surface area contributed by atoms with Gasteiger partial charge in [0.05, 0.1) is 11.2 Å². The van der Waals surface area contributed by atoms with Crippen LogP contribution in [-0.2, 0) is 0 Å². The van der Waals surface area contributed by atoms with Crippen molar-refractivity contribution in [3.63, 3.8) is 0 Å². The molecule has 4 heteroatoms. The van der Waals surface area contributed by atoms with Crippen LogP contribution in [0.2, 0.25) is 0 Å². The second kappa shape index (κ2) is 14.3. The zero-order valence-electron chi connectivity index (χ0n) is 34.9. The number of hydrogen-bond donors (Lipinski definition) is 0. The van der Waals surface area contributed by atoms with Crippen molar-refractivity contribution in [1.82, 2.24) is 4.98 Å². The van der Waals surface area contributed by atoms with Gasteiger partial charge in [-0.25, -0.2) is 4.98 Å². The molecule has 0 saturated carbocycles. The summed E-state index contributed by atoms with van der Waals surface area (Å²) in [5, 5.41) is 10.8. The maximum absolute atomic E-state index is 6.70. The molecule has 14 rings (SSSR count). The van der Waals surface area contributed by atoms with Crippen LogP contribution in [0.5, 0.6) is 0 Å². The van der Waals surface area contributed by atoms with Crippen LogP contribution in [0.25, 0.3) is 140 Å². The number of benzene rings is 10. The minimum absolute atomic E-state index is 0.857. The minimum Gasteiger partial charge on any atom is -0.456 e. The number of para-hydroxylation sites is 2. The van der Waals surface area contributed by atoms with Crippen molar-refractivity contribution in [3.8, 4) is 55.8 Å². The Balaban J connectivity index is 1.03. The molecule has 0 atom stereocenters. The van der Waals surface area contributed by atoms with Gasteiger partial charge >= 0.3 is 0 Å². The number of fused-ring (bicyclic) bond motifs is 12. The van der Waals surface area contributed by atoms with E-state index in [4.69, 9.17) is 9.40 Å². The minimum atomic E-state index is 0.857. The molecule has 0 N–H and O–H groups in total.